The largest absolute Gasteiger partial charge is 0.497 e. The monoisotopic (exact) mass is 433 g/mol. The Morgan fingerprint density at radius 1 is 1.07 bits per heavy atom. The number of carbonyl (C=O) groups is 1. The number of para-hydroxylation sites is 1. The van der Waals surface area contributed by atoms with Crippen molar-refractivity contribution in [2.24, 2.45) is 5.92 Å². The van der Waals surface area contributed by atoms with Gasteiger partial charge < -0.3 is 14.2 Å². The number of sulfonamides is 1. The molecule has 1 aliphatic heterocycles. The molecule has 0 radical (unpaired) electrons. The Kier molecular flexibility index (Phi) is 7.33. The Labute approximate surface area is 177 Å². The fourth-order valence-corrected chi connectivity index (χ4v) is 4.88. The zero-order valence-electron chi connectivity index (χ0n) is 17.2. The molecule has 0 spiro atoms. The van der Waals surface area contributed by atoms with Gasteiger partial charge in [0.1, 0.15) is 18.1 Å². The predicted octanol–water partition coefficient (Wildman–Crippen LogP) is 3.24. The number of hydrogen-bond acceptors (Lipinski definition) is 6. The van der Waals surface area contributed by atoms with Gasteiger partial charge in [0.05, 0.1) is 24.5 Å². The molecule has 8 heteroatoms. The van der Waals surface area contributed by atoms with Crippen LogP contribution in [0.25, 0.3) is 0 Å². The summed E-state index contributed by atoms with van der Waals surface area (Å²) in [6, 6.07) is 13.8. The maximum Gasteiger partial charge on any atom is 0.309 e. The van der Waals surface area contributed by atoms with Crippen LogP contribution in [0.3, 0.4) is 0 Å². The van der Waals surface area contributed by atoms with Crippen LogP contribution in [0.5, 0.6) is 11.5 Å². The molecule has 3 rings (SSSR count). The highest BCUT2D eigenvalue weighted by Gasteiger charge is 2.32. The standard InChI is InChI=1S/C22H27NO6S/c1-3-28-21-7-5-4-6-18(21)16-29-22(24)17-12-14-23(15-13-17)30(25,26)20-10-8-19(27-2)9-11-20/h4-11,17H,3,12-16H2,1-2H3. The Morgan fingerprint density at radius 2 is 1.73 bits per heavy atom. The summed E-state index contributed by atoms with van der Waals surface area (Å²) in [5.41, 5.74) is 0.812. The third kappa shape index (κ3) is 5.12. The first-order valence-electron chi connectivity index (χ1n) is 9.97. The molecule has 0 saturated carbocycles. The van der Waals surface area contributed by atoms with E-state index in [9.17, 15) is 13.2 Å². The van der Waals surface area contributed by atoms with E-state index in [1.165, 1.54) is 23.5 Å². The van der Waals surface area contributed by atoms with Crippen LogP contribution in [0.1, 0.15) is 25.3 Å². The smallest absolute Gasteiger partial charge is 0.309 e. The lowest BCUT2D eigenvalue weighted by atomic mass is 9.98. The minimum atomic E-state index is -3.59. The zero-order chi connectivity index (χ0) is 21.6. The molecule has 1 fully saturated rings. The molecule has 1 saturated heterocycles. The van der Waals surface area contributed by atoms with Gasteiger partial charge in [-0.15, -0.1) is 0 Å². The van der Waals surface area contributed by atoms with E-state index in [1.54, 1.807) is 12.1 Å². The fraction of sp³-hybridized carbons (Fsp3) is 0.409. The maximum absolute atomic E-state index is 12.8. The summed E-state index contributed by atoms with van der Waals surface area (Å²) in [7, 11) is -2.06. The second-order valence-corrected chi connectivity index (χ2v) is 8.94. The van der Waals surface area contributed by atoms with E-state index in [0.29, 0.717) is 30.9 Å². The van der Waals surface area contributed by atoms with E-state index < -0.39 is 10.0 Å². The number of ether oxygens (including phenoxy) is 3. The highest BCUT2D eigenvalue weighted by Crippen LogP contribution is 2.26. The molecule has 0 bridgehead atoms. The summed E-state index contributed by atoms with van der Waals surface area (Å²) >= 11 is 0. The normalized spacial score (nSPS) is 15.5. The number of benzene rings is 2. The summed E-state index contributed by atoms with van der Waals surface area (Å²) in [5.74, 6) is 0.684. The van der Waals surface area contributed by atoms with Crippen molar-refractivity contribution >= 4 is 16.0 Å². The van der Waals surface area contributed by atoms with Gasteiger partial charge in [-0.25, -0.2) is 8.42 Å². The Morgan fingerprint density at radius 3 is 2.37 bits per heavy atom. The number of piperidine rings is 1. The van der Waals surface area contributed by atoms with Crippen molar-refractivity contribution in [1.29, 1.82) is 0 Å². The lowest BCUT2D eigenvalue weighted by molar-refractivity contribution is -0.151. The van der Waals surface area contributed by atoms with Crippen LogP contribution in [0.15, 0.2) is 53.4 Å². The van der Waals surface area contributed by atoms with E-state index in [-0.39, 0.29) is 36.5 Å². The van der Waals surface area contributed by atoms with Gasteiger partial charge in [-0.2, -0.15) is 4.31 Å². The second kappa shape index (κ2) is 9.95. The number of esters is 1. The molecular formula is C22H27NO6S. The zero-order valence-corrected chi connectivity index (χ0v) is 18.1. The van der Waals surface area contributed by atoms with Crippen molar-refractivity contribution in [3.8, 4) is 11.5 Å². The highest BCUT2D eigenvalue weighted by atomic mass is 32.2. The first-order valence-corrected chi connectivity index (χ1v) is 11.4. The van der Waals surface area contributed by atoms with Gasteiger partial charge in [0.15, 0.2) is 0 Å². The van der Waals surface area contributed by atoms with E-state index in [2.05, 4.69) is 0 Å². The first-order chi connectivity index (χ1) is 14.5. The molecule has 2 aromatic carbocycles. The summed E-state index contributed by atoms with van der Waals surface area (Å²) in [5, 5.41) is 0. The molecule has 0 unspecified atom stereocenters. The van der Waals surface area contributed by atoms with Crippen LogP contribution < -0.4 is 9.47 Å². The maximum atomic E-state index is 12.8. The van der Waals surface area contributed by atoms with Crippen LogP contribution in [-0.2, 0) is 26.2 Å². The van der Waals surface area contributed by atoms with E-state index in [0.717, 1.165) is 5.56 Å². The van der Waals surface area contributed by atoms with Crippen LogP contribution in [-0.4, -0.2) is 45.5 Å². The summed E-state index contributed by atoms with van der Waals surface area (Å²) in [4.78, 5) is 12.7. The molecule has 0 aliphatic carbocycles. The molecule has 1 aliphatic rings. The summed E-state index contributed by atoms with van der Waals surface area (Å²) < 4.78 is 43.2. The van der Waals surface area contributed by atoms with Gasteiger partial charge in [0, 0.05) is 18.7 Å². The van der Waals surface area contributed by atoms with Crippen molar-refractivity contribution in [2.45, 2.75) is 31.3 Å². The molecule has 0 N–H and O–H groups in total. The molecule has 30 heavy (non-hydrogen) atoms. The van der Waals surface area contributed by atoms with Crippen molar-refractivity contribution in [1.82, 2.24) is 4.31 Å². The molecule has 2 aromatic rings. The molecule has 7 nitrogen and oxygen atoms in total. The highest BCUT2D eigenvalue weighted by molar-refractivity contribution is 7.89. The molecule has 0 aromatic heterocycles. The average molecular weight is 434 g/mol. The number of nitrogens with zero attached hydrogens (tertiary/aromatic N) is 1. The van der Waals surface area contributed by atoms with Gasteiger partial charge >= 0.3 is 5.97 Å². The van der Waals surface area contributed by atoms with Gasteiger partial charge in [-0.1, -0.05) is 18.2 Å². The molecule has 0 amide bonds. The number of rotatable bonds is 8. The molecule has 1 heterocycles. The van der Waals surface area contributed by atoms with Crippen molar-refractivity contribution in [3.63, 3.8) is 0 Å². The Bertz CT molecular complexity index is 950. The fourth-order valence-electron chi connectivity index (χ4n) is 3.41. The summed E-state index contributed by atoms with van der Waals surface area (Å²) in [6.07, 6.45) is 0.864. The van der Waals surface area contributed by atoms with Crippen molar-refractivity contribution in [2.75, 3.05) is 26.8 Å². The quantitative estimate of drug-likeness (QED) is 0.595. The first kappa shape index (κ1) is 22.1. The minimum Gasteiger partial charge on any atom is -0.497 e. The predicted molar refractivity (Wildman–Crippen MR) is 112 cm³/mol. The van der Waals surface area contributed by atoms with Gasteiger partial charge in [0.2, 0.25) is 10.0 Å². The van der Waals surface area contributed by atoms with Crippen LogP contribution >= 0.6 is 0 Å². The van der Waals surface area contributed by atoms with Crippen molar-refractivity contribution in [3.05, 3.63) is 54.1 Å². The van der Waals surface area contributed by atoms with Gasteiger partial charge in [-0.05, 0) is 50.1 Å². The Balaban J connectivity index is 1.55. The SMILES string of the molecule is CCOc1ccccc1COC(=O)C1CCN(S(=O)(=O)c2ccc(OC)cc2)CC1. The third-order valence-corrected chi connectivity index (χ3v) is 7.04. The molecular weight excluding hydrogens is 406 g/mol. The van der Waals surface area contributed by atoms with Gasteiger partial charge in [-0.3, -0.25) is 4.79 Å². The topological polar surface area (TPSA) is 82.1 Å². The minimum absolute atomic E-state index is 0.138. The third-order valence-electron chi connectivity index (χ3n) is 5.13. The molecule has 162 valence electrons. The average Bonchev–Trinajstić information content (AvgIpc) is 2.78. The van der Waals surface area contributed by atoms with Crippen LogP contribution in [0, 0.1) is 5.92 Å². The van der Waals surface area contributed by atoms with Crippen LogP contribution in [0.2, 0.25) is 0 Å². The van der Waals surface area contributed by atoms with E-state index >= 15 is 0 Å². The number of methoxy groups -OCH3 is 1. The molecule has 0 atom stereocenters. The van der Waals surface area contributed by atoms with Crippen molar-refractivity contribution < 1.29 is 27.4 Å². The Hall–Kier alpha value is -2.58. The number of carbonyl (C=O) groups excluding carboxylic acids is 1. The van der Waals surface area contributed by atoms with Gasteiger partial charge in [0.25, 0.3) is 0 Å². The van der Waals surface area contributed by atoms with E-state index in [4.69, 9.17) is 14.2 Å². The second-order valence-electron chi connectivity index (χ2n) is 7.00. The van der Waals surface area contributed by atoms with E-state index in [1.807, 2.05) is 31.2 Å². The lowest BCUT2D eigenvalue weighted by Crippen LogP contribution is -2.40. The lowest BCUT2D eigenvalue weighted by Gasteiger charge is -2.30. The van der Waals surface area contributed by atoms with Crippen LogP contribution in [0.4, 0.5) is 0 Å². The summed E-state index contributed by atoms with van der Waals surface area (Å²) in [6.45, 7) is 3.13. The number of hydrogen-bond donors (Lipinski definition) is 0.